The van der Waals surface area contributed by atoms with Crippen molar-refractivity contribution in [2.24, 2.45) is 0 Å². The number of hydrogen-bond acceptors (Lipinski definition) is 2. The number of aromatic nitrogens is 1. The molecule has 0 saturated heterocycles. The van der Waals surface area contributed by atoms with Crippen LogP contribution in [0.2, 0.25) is 5.04 Å². The summed E-state index contributed by atoms with van der Waals surface area (Å²) in [6, 6.07) is 27.8. The molecular formula is C37H37F4IN2OSi. The van der Waals surface area contributed by atoms with Crippen molar-refractivity contribution in [3.05, 3.63) is 129 Å². The van der Waals surface area contributed by atoms with Gasteiger partial charge in [-0.3, -0.25) is 4.90 Å². The molecule has 5 aromatic rings. The van der Waals surface area contributed by atoms with Gasteiger partial charge in [0, 0.05) is 43.8 Å². The first-order valence-electron chi connectivity index (χ1n) is 15.4. The molecule has 1 aromatic heterocycles. The molecule has 46 heavy (non-hydrogen) atoms. The summed E-state index contributed by atoms with van der Waals surface area (Å²) in [5.41, 5.74) is 2.02. The molecule has 3 nitrogen and oxygen atoms in total. The first-order valence-corrected chi connectivity index (χ1v) is 18.4. The number of para-hydroxylation sites is 1. The maximum absolute atomic E-state index is 16.6. The summed E-state index contributed by atoms with van der Waals surface area (Å²) in [6.07, 6.45) is 0.430. The Morgan fingerprint density at radius 1 is 0.848 bits per heavy atom. The minimum absolute atomic E-state index is 0.221. The number of nitrogens with one attached hydrogen (secondary N) is 1. The van der Waals surface area contributed by atoms with Gasteiger partial charge in [0.05, 0.1) is 19.2 Å². The van der Waals surface area contributed by atoms with E-state index in [-0.39, 0.29) is 5.56 Å². The first kappa shape index (κ1) is 32.9. The van der Waals surface area contributed by atoms with Crippen LogP contribution in [0, 0.1) is 15.2 Å². The molecule has 1 aliphatic heterocycles. The number of halogens is 5. The topological polar surface area (TPSA) is 28.3 Å². The number of alkyl halides is 2. The Morgan fingerprint density at radius 2 is 1.39 bits per heavy atom. The van der Waals surface area contributed by atoms with Crippen LogP contribution < -0.4 is 10.4 Å². The minimum atomic E-state index is -3.35. The highest BCUT2D eigenvalue weighted by molar-refractivity contribution is 14.1. The van der Waals surface area contributed by atoms with E-state index in [0.29, 0.717) is 15.6 Å². The molecule has 2 atom stereocenters. The summed E-state index contributed by atoms with van der Waals surface area (Å²) in [5, 5.41) is 2.09. The number of benzene rings is 4. The van der Waals surface area contributed by atoms with Crippen LogP contribution in [0.25, 0.3) is 10.9 Å². The van der Waals surface area contributed by atoms with Crippen LogP contribution in [-0.2, 0) is 10.8 Å². The molecule has 0 saturated carbocycles. The van der Waals surface area contributed by atoms with E-state index in [4.69, 9.17) is 4.43 Å². The van der Waals surface area contributed by atoms with E-state index in [1.54, 1.807) is 4.90 Å². The Kier molecular flexibility index (Phi) is 8.99. The summed E-state index contributed by atoms with van der Waals surface area (Å²) < 4.78 is 71.7. The van der Waals surface area contributed by atoms with E-state index in [9.17, 15) is 0 Å². The summed E-state index contributed by atoms with van der Waals surface area (Å²) in [7, 11) is -3.25. The number of aromatic amines is 1. The van der Waals surface area contributed by atoms with Gasteiger partial charge in [0.2, 0.25) is 0 Å². The van der Waals surface area contributed by atoms with Gasteiger partial charge in [0.1, 0.15) is 11.6 Å². The molecule has 240 valence electrons. The van der Waals surface area contributed by atoms with E-state index in [1.807, 2.05) is 135 Å². The highest BCUT2D eigenvalue weighted by Gasteiger charge is 2.52. The van der Waals surface area contributed by atoms with Crippen LogP contribution in [0.3, 0.4) is 0 Å². The minimum Gasteiger partial charge on any atom is -0.401 e. The van der Waals surface area contributed by atoms with Gasteiger partial charge < -0.3 is 9.41 Å². The Morgan fingerprint density at radius 3 is 1.96 bits per heavy atom. The highest BCUT2D eigenvalue weighted by atomic mass is 127. The largest absolute Gasteiger partial charge is 0.401 e. The van der Waals surface area contributed by atoms with E-state index < -0.39 is 56.1 Å². The van der Waals surface area contributed by atoms with Crippen molar-refractivity contribution >= 4 is 52.2 Å². The van der Waals surface area contributed by atoms with Crippen molar-refractivity contribution < 1.29 is 22.0 Å². The molecule has 0 bridgehead atoms. The lowest BCUT2D eigenvalue weighted by Gasteiger charge is -2.45. The highest BCUT2D eigenvalue weighted by Crippen LogP contribution is 2.45. The first-order chi connectivity index (χ1) is 21.8. The summed E-state index contributed by atoms with van der Waals surface area (Å²) in [4.78, 5) is 4.96. The van der Waals surface area contributed by atoms with Crippen molar-refractivity contribution in [2.45, 2.75) is 57.2 Å². The smallest absolute Gasteiger partial charge is 0.282 e. The SMILES string of the molecule is CC1Cc2[nH]c3ccccc3c2C(c2c(F)cc(I)cc2F)N1CC(F)(F)CO[Si](c1ccccc1)(c1ccccc1)C(C)(C)C. The van der Waals surface area contributed by atoms with Crippen molar-refractivity contribution in [2.75, 3.05) is 13.2 Å². The van der Waals surface area contributed by atoms with Gasteiger partial charge in [-0.15, -0.1) is 0 Å². The lowest BCUT2D eigenvalue weighted by atomic mass is 9.86. The zero-order valence-electron chi connectivity index (χ0n) is 26.3. The van der Waals surface area contributed by atoms with Crippen molar-refractivity contribution in [1.82, 2.24) is 9.88 Å². The van der Waals surface area contributed by atoms with Gasteiger partial charge in [0.25, 0.3) is 14.2 Å². The lowest BCUT2D eigenvalue weighted by Crippen LogP contribution is -2.67. The Hall–Kier alpha value is -2.99. The van der Waals surface area contributed by atoms with Crippen molar-refractivity contribution in [1.29, 1.82) is 0 Å². The number of fused-ring (bicyclic) bond motifs is 3. The second-order valence-electron chi connectivity index (χ2n) is 13.3. The Bertz CT molecular complexity index is 1780. The Labute approximate surface area is 282 Å². The third kappa shape index (κ3) is 5.95. The van der Waals surface area contributed by atoms with E-state index >= 15 is 17.6 Å². The number of hydrogen-bond donors (Lipinski definition) is 1. The second-order valence-corrected chi connectivity index (χ2v) is 18.8. The van der Waals surface area contributed by atoms with Gasteiger partial charge in [-0.1, -0.05) is 99.6 Å². The molecule has 0 radical (unpaired) electrons. The predicted octanol–water partition coefficient (Wildman–Crippen LogP) is 8.60. The molecule has 0 spiro atoms. The zero-order chi connectivity index (χ0) is 32.9. The maximum Gasteiger partial charge on any atom is 0.282 e. The van der Waals surface area contributed by atoms with Crippen LogP contribution in [0.15, 0.2) is 97.1 Å². The van der Waals surface area contributed by atoms with Gasteiger partial charge in [-0.2, -0.15) is 0 Å². The molecular weight excluding hydrogens is 719 g/mol. The normalized spacial score (nSPS) is 17.8. The third-order valence-electron chi connectivity index (χ3n) is 9.15. The fourth-order valence-electron chi connectivity index (χ4n) is 7.19. The molecule has 1 aliphatic rings. The number of nitrogens with zero attached hydrogens (tertiary/aromatic N) is 1. The molecule has 2 unspecified atom stereocenters. The van der Waals surface area contributed by atoms with Crippen molar-refractivity contribution in [3.8, 4) is 0 Å². The van der Waals surface area contributed by atoms with E-state index in [1.165, 1.54) is 12.1 Å². The average molecular weight is 757 g/mol. The standard InChI is InChI=1S/C37H37F4IN2OSi/c1-24-19-32-33(28-17-11-12-18-31(28)43-32)35(34-29(38)20-25(42)21-30(34)39)44(24)22-37(40,41)23-45-46(36(2,3)4,26-13-7-5-8-14-26)27-15-9-6-10-16-27/h5-18,20-21,24,35,43H,19,22-23H2,1-4H3. The zero-order valence-corrected chi connectivity index (χ0v) is 29.4. The molecule has 4 aromatic carbocycles. The van der Waals surface area contributed by atoms with E-state index in [0.717, 1.165) is 27.0 Å². The van der Waals surface area contributed by atoms with Crippen LogP contribution in [0.1, 0.15) is 50.6 Å². The number of H-pyrrole nitrogens is 1. The Balaban J connectivity index is 1.42. The summed E-state index contributed by atoms with van der Waals surface area (Å²) in [5.74, 6) is -4.85. The molecule has 0 amide bonds. The lowest BCUT2D eigenvalue weighted by molar-refractivity contribution is -0.0823. The van der Waals surface area contributed by atoms with Gasteiger partial charge >= 0.3 is 0 Å². The molecule has 1 N–H and O–H groups in total. The maximum atomic E-state index is 16.6. The molecule has 2 heterocycles. The monoisotopic (exact) mass is 756 g/mol. The second kappa shape index (κ2) is 12.6. The summed E-state index contributed by atoms with van der Waals surface area (Å²) >= 11 is 1.86. The van der Waals surface area contributed by atoms with Crippen molar-refractivity contribution in [3.63, 3.8) is 0 Å². The van der Waals surface area contributed by atoms with Crippen LogP contribution in [0.4, 0.5) is 17.6 Å². The molecule has 0 fully saturated rings. The van der Waals surface area contributed by atoms with Gasteiger partial charge in [-0.05, 0) is 63.1 Å². The summed E-state index contributed by atoms with van der Waals surface area (Å²) in [6.45, 7) is 6.39. The molecule has 9 heteroatoms. The average Bonchev–Trinajstić information content (AvgIpc) is 3.36. The fourth-order valence-corrected chi connectivity index (χ4v) is 12.3. The quantitative estimate of drug-likeness (QED) is 0.0977. The van der Waals surface area contributed by atoms with E-state index in [2.05, 4.69) is 4.98 Å². The molecule has 6 rings (SSSR count). The van der Waals surface area contributed by atoms with Gasteiger partial charge in [0.15, 0.2) is 0 Å². The molecule has 0 aliphatic carbocycles. The van der Waals surface area contributed by atoms with Crippen LogP contribution >= 0.6 is 22.6 Å². The fraction of sp³-hybridized carbons (Fsp3) is 0.297. The van der Waals surface area contributed by atoms with Crippen LogP contribution in [-0.4, -0.2) is 43.3 Å². The predicted molar refractivity (Wildman–Crippen MR) is 188 cm³/mol. The van der Waals surface area contributed by atoms with Crippen LogP contribution in [0.5, 0.6) is 0 Å². The van der Waals surface area contributed by atoms with Gasteiger partial charge in [-0.25, -0.2) is 17.6 Å². The number of rotatable bonds is 8. The third-order valence-corrected chi connectivity index (χ3v) is 14.8.